The summed E-state index contributed by atoms with van der Waals surface area (Å²) in [7, 11) is 1.67. The number of ether oxygens (including phenoxy) is 2. The third-order valence-corrected chi connectivity index (χ3v) is 5.97. The van der Waals surface area contributed by atoms with Crippen molar-refractivity contribution in [3.8, 4) is 5.75 Å². The zero-order valence-electron chi connectivity index (χ0n) is 20.0. The molecule has 182 valence electrons. The lowest BCUT2D eigenvalue weighted by Gasteiger charge is -2.35. The molecule has 0 spiro atoms. The minimum Gasteiger partial charge on any atom is -0.496 e. The number of halogens is 1. The predicted octanol–water partition coefficient (Wildman–Crippen LogP) is 3.78. The summed E-state index contributed by atoms with van der Waals surface area (Å²) >= 11 is 6.32. The number of nitrogens with zero attached hydrogens (tertiary/aromatic N) is 5. The molecule has 0 atom stereocenters. The number of rotatable bonds is 5. The van der Waals surface area contributed by atoms with E-state index < -0.39 is 5.60 Å². The lowest BCUT2D eigenvalue weighted by Crippen LogP contribution is -2.49. The molecule has 4 rings (SSSR count). The fourth-order valence-corrected chi connectivity index (χ4v) is 4.38. The van der Waals surface area contributed by atoms with Crippen LogP contribution in [-0.4, -0.2) is 69.3 Å². The van der Waals surface area contributed by atoms with E-state index >= 15 is 0 Å². The summed E-state index contributed by atoms with van der Waals surface area (Å²) in [5, 5.41) is 0.327. The van der Waals surface area contributed by atoms with Crippen molar-refractivity contribution in [3.63, 3.8) is 0 Å². The topological polar surface area (TPSA) is 98.7 Å². The zero-order chi connectivity index (χ0) is 24.5. The third-order valence-electron chi connectivity index (χ3n) is 5.71. The van der Waals surface area contributed by atoms with Crippen LogP contribution in [0.5, 0.6) is 5.75 Å². The van der Waals surface area contributed by atoms with Crippen LogP contribution in [-0.2, 0) is 17.8 Å². The van der Waals surface area contributed by atoms with Gasteiger partial charge in [-0.05, 0) is 38.5 Å². The maximum Gasteiger partial charge on any atom is 0.410 e. The Kier molecular flexibility index (Phi) is 6.86. The van der Waals surface area contributed by atoms with Gasteiger partial charge in [-0.2, -0.15) is 4.98 Å². The number of carbonyl (C=O) groups excluding carboxylic acids is 1. The quantitative estimate of drug-likeness (QED) is 0.548. The van der Waals surface area contributed by atoms with Crippen molar-refractivity contribution in [3.05, 3.63) is 46.7 Å². The molecule has 2 aromatic heterocycles. The predicted molar refractivity (Wildman–Crippen MR) is 132 cm³/mol. The van der Waals surface area contributed by atoms with Crippen LogP contribution in [0.4, 0.5) is 10.7 Å². The molecule has 3 heterocycles. The van der Waals surface area contributed by atoms with E-state index in [1.54, 1.807) is 12.0 Å². The maximum absolute atomic E-state index is 12.3. The van der Waals surface area contributed by atoms with Gasteiger partial charge >= 0.3 is 6.09 Å². The smallest absolute Gasteiger partial charge is 0.410 e. The largest absolute Gasteiger partial charge is 0.496 e. The molecule has 9 nitrogen and oxygen atoms in total. The minimum atomic E-state index is -0.481. The second-order valence-electron chi connectivity index (χ2n) is 9.44. The van der Waals surface area contributed by atoms with E-state index in [-0.39, 0.29) is 12.0 Å². The summed E-state index contributed by atoms with van der Waals surface area (Å²) in [4.78, 5) is 24.7. The van der Waals surface area contributed by atoms with Gasteiger partial charge in [-0.3, -0.25) is 4.90 Å². The SMILES string of the molecule is COc1cc(CN2CCN(C(=O)OC(C)(C)C)CC2)ccc1Cn1ccc2nc(N)nc(Cl)c21. The van der Waals surface area contributed by atoms with Crippen LogP contribution in [0.1, 0.15) is 31.9 Å². The highest BCUT2D eigenvalue weighted by Gasteiger charge is 2.26. The molecule has 1 fully saturated rings. The second kappa shape index (κ2) is 9.68. The first-order valence-corrected chi connectivity index (χ1v) is 11.6. The number of nitrogen functional groups attached to an aromatic ring is 1. The van der Waals surface area contributed by atoms with E-state index in [0.29, 0.717) is 30.3 Å². The van der Waals surface area contributed by atoms with Crippen LogP contribution >= 0.6 is 11.6 Å². The average Bonchev–Trinajstić information content (AvgIpc) is 3.16. The van der Waals surface area contributed by atoms with Crippen LogP contribution in [0, 0.1) is 0 Å². The number of aromatic nitrogens is 3. The normalized spacial score (nSPS) is 15.0. The van der Waals surface area contributed by atoms with E-state index in [9.17, 15) is 4.79 Å². The molecule has 0 bridgehead atoms. The first-order chi connectivity index (χ1) is 16.1. The molecule has 1 saturated heterocycles. The van der Waals surface area contributed by atoms with Crippen LogP contribution < -0.4 is 10.5 Å². The highest BCUT2D eigenvalue weighted by molar-refractivity contribution is 6.33. The number of hydrogen-bond acceptors (Lipinski definition) is 7. The van der Waals surface area contributed by atoms with Crippen molar-refractivity contribution in [1.82, 2.24) is 24.3 Å². The molecule has 0 aliphatic carbocycles. The second-order valence-corrected chi connectivity index (χ2v) is 9.80. The highest BCUT2D eigenvalue weighted by Crippen LogP contribution is 2.27. The van der Waals surface area contributed by atoms with E-state index in [2.05, 4.69) is 33.1 Å². The Balaban J connectivity index is 1.41. The number of amides is 1. The number of carbonyl (C=O) groups is 1. The Morgan fingerprint density at radius 1 is 1.12 bits per heavy atom. The summed E-state index contributed by atoms with van der Waals surface area (Å²) in [6.45, 7) is 9.88. The molecule has 1 aliphatic rings. The van der Waals surface area contributed by atoms with E-state index in [1.165, 1.54) is 0 Å². The van der Waals surface area contributed by atoms with Crippen LogP contribution in [0.15, 0.2) is 30.5 Å². The molecule has 10 heteroatoms. The molecule has 34 heavy (non-hydrogen) atoms. The maximum atomic E-state index is 12.3. The monoisotopic (exact) mass is 486 g/mol. The Morgan fingerprint density at radius 3 is 2.53 bits per heavy atom. The van der Waals surface area contributed by atoms with Gasteiger partial charge in [0.1, 0.15) is 16.9 Å². The van der Waals surface area contributed by atoms with Gasteiger partial charge in [0.05, 0.1) is 19.2 Å². The summed E-state index contributed by atoms with van der Waals surface area (Å²) in [6, 6.07) is 8.12. The standard InChI is InChI=1S/C24H31ClN6O3/c1-24(2,3)34-23(32)30-11-9-29(10-12-30)14-16-5-6-17(19(13-16)33-4)15-31-8-7-18-20(31)21(25)28-22(26)27-18/h5-8,13H,9-12,14-15H2,1-4H3,(H2,26,27,28). The first-order valence-electron chi connectivity index (χ1n) is 11.3. The fraction of sp³-hybridized carbons (Fsp3) is 0.458. The Hall–Kier alpha value is -3.04. The number of nitrogens with two attached hydrogens (primary N) is 1. The molecule has 1 amide bonds. The van der Waals surface area contributed by atoms with Gasteiger partial charge < -0.3 is 24.7 Å². The van der Waals surface area contributed by atoms with Crippen molar-refractivity contribution < 1.29 is 14.3 Å². The van der Waals surface area contributed by atoms with Crippen LogP contribution in [0.25, 0.3) is 11.0 Å². The van der Waals surface area contributed by atoms with Crippen molar-refractivity contribution in [2.75, 3.05) is 39.0 Å². The summed E-state index contributed by atoms with van der Waals surface area (Å²) < 4.78 is 13.2. The van der Waals surface area contributed by atoms with Crippen molar-refractivity contribution in [2.45, 2.75) is 39.5 Å². The first kappa shape index (κ1) is 24.1. The lowest BCUT2D eigenvalue weighted by atomic mass is 10.1. The molecule has 3 aromatic rings. The number of piperazine rings is 1. The van der Waals surface area contributed by atoms with Gasteiger partial charge in [0.15, 0.2) is 5.15 Å². The molecule has 0 saturated carbocycles. The van der Waals surface area contributed by atoms with Crippen molar-refractivity contribution >= 4 is 34.7 Å². The van der Waals surface area contributed by atoms with Crippen LogP contribution in [0.2, 0.25) is 5.15 Å². The van der Waals surface area contributed by atoms with Crippen molar-refractivity contribution in [1.29, 1.82) is 0 Å². The van der Waals surface area contributed by atoms with Gasteiger partial charge in [0, 0.05) is 44.5 Å². The Morgan fingerprint density at radius 2 is 1.85 bits per heavy atom. The number of hydrogen-bond donors (Lipinski definition) is 1. The van der Waals surface area contributed by atoms with E-state index in [4.69, 9.17) is 26.8 Å². The molecule has 1 aromatic carbocycles. The van der Waals surface area contributed by atoms with Gasteiger partial charge in [-0.25, -0.2) is 9.78 Å². The number of benzene rings is 1. The molecular formula is C24H31ClN6O3. The summed E-state index contributed by atoms with van der Waals surface area (Å²) in [5.74, 6) is 0.961. The highest BCUT2D eigenvalue weighted by atomic mass is 35.5. The Labute approximate surface area is 204 Å². The van der Waals surface area contributed by atoms with Gasteiger partial charge in [-0.1, -0.05) is 23.7 Å². The molecule has 1 aliphatic heterocycles. The number of methoxy groups -OCH3 is 1. The van der Waals surface area contributed by atoms with E-state index in [1.807, 2.05) is 37.6 Å². The van der Waals surface area contributed by atoms with Crippen molar-refractivity contribution in [2.24, 2.45) is 0 Å². The van der Waals surface area contributed by atoms with Gasteiger partial charge in [0.2, 0.25) is 5.95 Å². The fourth-order valence-electron chi connectivity index (χ4n) is 4.08. The van der Waals surface area contributed by atoms with E-state index in [0.717, 1.165) is 42.0 Å². The lowest BCUT2D eigenvalue weighted by molar-refractivity contribution is 0.0139. The summed E-state index contributed by atoms with van der Waals surface area (Å²) in [5.41, 5.74) is 8.84. The van der Waals surface area contributed by atoms with Crippen LogP contribution in [0.3, 0.4) is 0 Å². The van der Waals surface area contributed by atoms with Gasteiger partial charge in [0.25, 0.3) is 0 Å². The minimum absolute atomic E-state index is 0.157. The Bertz CT molecular complexity index is 1180. The molecule has 2 N–H and O–H groups in total. The molecule has 0 radical (unpaired) electrons. The number of anilines is 1. The molecular weight excluding hydrogens is 456 g/mol. The molecule has 0 unspecified atom stereocenters. The average molecular weight is 487 g/mol. The zero-order valence-corrected chi connectivity index (χ0v) is 20.8. The third kappa shape index (κ3) is 5.53. The number of fused-ring (bicyclic) bond motifs is 1. The summed E-state index contributed by atoms with van der Waals surface area (Å²) in [6.07, 6.45) is 1.67. The van der Waals surface area contributed by atoms with Gasteiger partial charge in [-0.15, -0.1) is 0 Å².